The molecule has 4 aromatic rings. The number of hydrazone groups is 1. The second-order valence-electron chi connectivity index (χ2n) is 6.87. The molecule has 4 aromatic carbocycles. The zero-order chi connectivity index (χ0) is 19.5. The molecular weight excluding hydrogens is 346 g/mol. The van der Waals surface area contributed by atoms with Crippen LogP contribution in [0, 0.1) is 0 Å². The van der Waals surface area contributed by atoms with Gasteiger partial charge in [-0.15, -0.1) is 0 Å². The summed E-state index contributed by atoms with van der Waals surface area (Å²) in [6.07, 6.45) is 1.73. The van der Waals surface area contributed by atoms with Gasteiger partial charge in [0.2, 0.25) is 0 Å². The quantitative estimate of drug-likeness (QED) is 0.319. The third kappa shape index (κ3) is 3.45. The maximum absolute atomic E-state index is 12.4. The van der Waals surface area contributed by atoms with Gasteiger partial charge in [0.25, 0.3) is 5.91 Å². The van der Waals surface area contributed by atoms with E-state index >= 15 is 0 Å². The summed E-state index contributed by atoms with van der Waals surface area (Å²) in [7, 11) is 3.93. The van der Waals surface area contributed by atoms with Crippen LogP contribution in [-0.4, -0.2) is 26.2 Å². The summed E-state index contributed by atoms with van der Waals surface area (Å²) in [6, 6.07) is 26.0. The number of benzene rings is 4. The molecule has 0 aromatic heterocycles. The van der Waals surface area contributed by atoms with Crippen LogP contribution in [0.1, 0.15) is 15.9 Å². The van der Waals surface area contributed by atoms with Gasteiger partial charge < -0.3 is 4.90 Å². The fourth-order valence-electron chi connectivity index (χ4n) is 3.32. The normalized spacial score (nSPS) is 11.2. The fraction of sp³-hybridized carbons (Fsp3) is 0.0833. The van der Waals surface area contributed by atoms with Crippen molar-refractivity contribution < 1.29 is 4.79 Å². The highest BCUT2D eigenvalue weighted by atomic mass is 16.2. The number of hydrogen-bond acceptors (Lipinski definition) is 3. The number of rotatable bonds is 4. The van der Waals surface area contributed by atoms with Crippen LogP contribution in [0.2, 0.25) is 0 Å². The number of hydrogen-bond donors (Lipinski definition) is 1. The van der Waals surface area contributed by atoms with Crippen molar-refractivity contribution in [1.29, 1.82) is 0 Å². The molecule has 4 heteroatoms. The van der Waals surface area contributed by atoms with Gasteiger partial charge in [-0.2, -0.15) is 5.10 Å². The van der Waals surface area contributed by atoms with Crippen LogP contribution in [-0.2, 0) is 0 Å². The fourth-order valence-corrected chi connectivity index (χ4v) is 3.32. The van der Waals surface area contributed by atoms with E-state index in [1.807, 2.05) is 55.4 Å². The van der Waals surface area contributed by atoms with Gasteiger partial charge in [0.15, 0.2) is 0 Å². The van der Waals surface area contributed by atoms with Crippen LogP contribution < -0.4 is 10.3 Å². The summed E-state index contributed by atoms with van der Waals surface area (Å²) in [4.78, 5) is 14.4. The van der Waals surface area contributed by atoms with E-state index in [-0.39, 0.29) is 5.91 Å². The van der Waals surface area contributed by atoms with Crippen molar-refractivity contribution in [3.63, 3.8) is 0 Å². The Bertz CT molecular complexity index is 1120. The monoisotopic (exact) mass is 367 g/mol. The van der Waals surface area contributed by atoms with Gasteiger partial charge in [-0.3, -0.25) is 4.79 Å². The van der Waals surface area contributed by atoms with Gasteiger partial charge in [0.1, 0.15) is 0 Å². The molecule has 1 N–H and O–H groups in total. The van der Waals surface area contributed by atoms with E-state index in [1.54, 1.807) is 18.3 Å². The molecule has 0 saturated heterocycles. The van der Waals surface area contributed by atoms with Gasteiger partial charge in [0, 0.05) is 30.9 Å². The molecule has 4 rings (SSSR count). The molecule has 4 nitrogen and oxygen atoms in total. The zero-order valence-corrected chi connectivity index (χ0v) is 15.9. The van der Waals surface area contributed by atoms with E-state index in [2.05, 4.69) is 40.9 Å². The highest BCUT2D eigenvalue weighted by molar-refractivity contribution is 6.13. The molecule has 28 heavy (non-hydrogen) atoms. The largest absolute Gasteiger partial charge is 0.378 e. The predicted molar refractivity (Wildman–Crippen MR) is 117 cm³/mol. The Morgan fingerprint density at radius 2 is 1.43 bits per heavy atom. The standard InChI is InChI=1S/C24H21N3O/c1-27(2)20-13-11-17(12-14-20)24(28)26-25-16-23-21-9-5-3-7-18(21)15-19-8-4-6-10-22(19)23/h3-16H,1-2H3,(H,26,28). The Morgan fingerprint density at radius 1 is 0.857 bits per heavy atom. The third-order valence-corrected chi connectivity index (χ3v) is 4.82. The van der Waals surface area contributed by atoms with Crippen molar-refractivity contribution in [3.8, 4) is 0 Å². The summed E-state index contributed by atoms with van der Waals surface area (Å²) in [5.74, 6) is -0.230. The average molecular weight is 367 g/mol. The Kier molecular flexibility index (Phi) is 4.77. The summed E-state index contributed by atoms with van der Waals surface area (Å²) in [5, 5.41) is 8.75. The van der Waals surface area contributed by atoms with E-state index in [0.29, 0.717) is 5.56 Å². The van der Waals surface area contributed by atoms with Crippen molar-refractivity contribution >= 4 is 39.4 Å². The number of anilines is 1. The van der Waals surface area contributed by atoms with E-state index in [1.165, 1.54) is 0 Å². The summed E-state index contributed by atoms with van der Waals surface area (Å²) < 4.78 is 0. The Balaban J connectivity index is 1.63. The molecule has 0 fully saturated rings. The van der Waals surface area contributed by atoms with Crippen molar-refractivity contribution in [1.82, 2.24) is 5.43 Å². The van der Waals surface area contributed by atoms with Crippen LogP contribution in [0.3, 0.4) is 0 Å². The number of fused-ring (bicyclic) bond motifs is 2. The number of carbonyl (C=O) groups excluding carboxylic acids is 1. The predicted octanol–water partition coefficient (Wildman–Crippen LogP) is 4.82. The second kappa shape index (κ2) is 7.53. The number of amides is 1. The molecule has 138 valence electrons. The average Bonchev–Trinajstić information content (AvgIpc) is 2.73. The lowest BCUT2D eigenvalue weighted by Gasteiger charge is -2.12. The Labute approximate surface area is 164 Å². The lowest BCUT2D eigenvalue weighted by molar-refractivity contribution is 0.0955. The smallest absolute Gasteiger partial charge is 0.271 e. The maximum Gasteiger partial charge on any atom is 0.271 e. The van der Waals surface area contributed by atoms with Crippen LogP contribution in [0.5, 0.6) is 0 Å². The van der Waals surface area contributed by atoms with Gasteiger partial charge in [-0.25, -0.2) is 5.43 Å². The lowest BCUT2D eigenvalue weighted by Crippen LogP contribution is -2.18. The maximum atomic E-state index is 12.4. The first-order valence-corrected chi connectivity index (χ1v) is 9.15. The molecule has 1 amide bonds. The molecule has 0 atom stereocenters. The molecule has 0 aliphatic carbocycles. The highest BCUT2D eigenvalue weighted by Crippen LogP contribution is 2.27. The molecule has 0 spiro atoms. The summed E-state index contributed by atoms with van der Waals surface area (Å²) in [6.45, 7) is 0. The molecule has 0 heterocycles. The Morgan fingerprint density at radius 3 is 2.00 bits per heavy atom. The van der Waals surface area contributed by atoms with E-state index in [4.69, 9.17) is 0 Å². The molecule has 0 aliphatic rings. The van der Waals surface area contributed by atoms with Gasteiger partial charge >= 0.3 is 0 Å². The van der Waals surface area contributed by atoms with Crippen molar-refractivity contribution in [3.05, 3.63) is 90.0 Å². The van der Waals surface area contributed by atoms with Crippen LogP contribution >= 0.6 is 0 Å². The zero-order valence-electron chi connectivity index (χ0n) is 15.9. The van der Waals surface area contributed by atoms with Crippen molar-refractivity contribution in [2.24, 2.45) is 5.10 Å². The van der Waals surface area contributed by atoms with Crippen molar-refractivity contribution in [2.75, 3.05) is 19.0 Å². The SMILES string of the molecule is CN(C)c1ccc(C(=O)NN=Cc2c3ccccc3cc3ccccc23)cc1. The molecule has 0 unspecified atom stereocenters. The second-order valence-corrected chi connectivity index (χ2v) is 6.87. The molecule has 0 radical (unpaired) electrons. The minimum Gasteiger partial charge on any atom is -0.378 e. The third-order valence-electron chi connectivity index (χ3n) is 4.82. The van der Waals surface area contributed by atoms with E-state index in [9.17, 15) is 4.79 Å². The lowest BCUT2D eigenvalue weighted by atomic mass is 9.97. The Hall–Kier alpha value is -3.66. The van der Waals surface area contributed by atoms with E-state index in [0.717, 1.165) is 32.8 Å². The van der Waals surface area contributed by atoms with Crippen LogP contribution in [0.15, 0.2) is 84.0 Å². The first kappa shape index (κ1) is 17.7. The van der Waals surface area contributed by atoms with Crippen molar-refractivity contribution in [2.45, 2.75) is 0 Å². The number of nitrogens with zero attached hydrogens (tertiary/aromatic N) is 2. The first-order valence-electron chi connectivity index (χ1n) is 9.15. The molecular formula is C24H21N3O. The topological polar surface area (TPSA) is 44.7 Å². The number of nitrogens with one attached hydrogen (secondary N) is 1. The van der Waals surface area contributed by atoms with Gasteiger partial charge in [-0.05, 0) is 51.9 Å². The van der Waals surface area contributed by atoms with Gasteiger partial charge in [0.05, 0.1) is 6.21 Å². The summed E-state index contributed by atoms with van der Waals surface area (Å²) >= 11 is 0. The molecule has 0 saturated carbocycles. The van der Waals surface area contributed by atoms with E-state index < -0.39 is 0 Å². The minimum absolute atomic E-state index is 0.230. The minimum atomic E-state index is -0.230. The highest BCUT2D eigenvalue weighted by Gasteiger charge is 2.07. The first-order chi connectivity index (χ1) is 13.6. The summed E-state index contributed by atoms with van der Waals surface area (Å²) in [5.41, 5.74) is 5.26. The molecule has 0 aliphatic heterocycles. The number of carbonyl (C=O) groups is 1. The van der Waals surface area contributed by atoms with Crippen LogP contribution in [0.25, 0.3) is 21.5 Å². The van der Waals surface area contributed by atoms with Crippen LogP contribution in [0.4, 0.5) is 5.69 Å². The molecule has 0 bridgehead atoms. The van der Waals surface area contributed by atoms with Gasteiger partial charge in [-0.1, -0.05) is 48.5 Å².